The number of hydrogen-bond donors (Lipinski definition) is 1. The van der Waals surface area contributed by atoms with Crippen LogP contribution in [0.3, 0.4) is 0 Å². The summed E-state index contributed by atoms with van der Waals surface area (Å²) in [6, 6.07) is -1.04. The van der Waals surface area contributed by atoms with Crippen molar-refractivity contribution in [2.75, 3.05) is 19.4 Å². The number of nitrogens with zero attached hydrogens (tertiary/aromatic N) is 1. The number of sulfonamides is 1. The van der Waals surface area contributed by atoms with E-state index in [2.05, 4.69) is 4.74 Å². The second kappa shape index (κ2) is 6.09. The fraction of sp³-hybridized carbons (Fsp3) is 0.833. The number of methoxy groups -OCH3 is 1. The summed E-state index contributed by atoms with van der Waals surface area (Å²) in [7, 11) is -2.65. The molecule has 20 heavy (non-hydrogen) atoms. The number of ether oxygens (including phenoxy) is 1. The third-order valence-electron chi connectivity index (χ3n) is 3.38. The fourth-order valence-electron chi connectivity index (χ4n) is 2.36. The van der Waals surface area contributed by atoms with Crippen molar-refractivity contribution in [1.82, 2.24) is 4.31 Å². The number of carbonyl (C=O) groups is 2. The molecule has 1 rings (SSSR count). The predicted molar refractivity (Wildman–Crippen MR) is 71.6 cm³/mol. The SMILES string of the molecule is COC(=O)C(C)(C)CS(=O)(=O)N1CCCCC1C(=O)O. The number of esters is 1. The number of hydrogen-bond acceptors (Lipinski definition) is 5. The summed E-state index contributed by atoms with van der Waals surface area (Å²) >= 11 is 0. The minimum Gasteiger partial charge on any atom is -0.480 e. The number of piperidine rings is 1. The van der Waals surface area contributed by atoms with Gasteiger partial charge in [-0.1, -0.05) is 0 Å². The Labute approximate surface area is 118 Å². The molecule has 0 spiro atoms. The Kier molecular flexibility index (Phi) is 5.15. The van der Waals surface area contributed by atoms with Gasteiger partial charge in [0.1, 0.15) is 6.04 Å². The molecule has 0 radical (unpaired) electrons. The Bertz CT molecular complexity index is 484. The molecule has 0 bridgehead atoms. The van der Waals surface area contributed by atoms with Crippen molar-refractivity contribution in [2.45, 2.75) is 39.2 Å². The standard InChI is InChI=1S/C12H21NO6S/c1-12(2,11(16)19-3)8-20(17,18)13-7-5-4-6-9(13)10(14)15/h9H,4-8H2,1-3H3,(H,14,15). The zero-order valence-electron chi connectivity index (χ0n) is 12.0. The van der Waals surface area contributed by atoms with E-state index in [1.54, 1.807) is 0 Å². The molecular weight excluding hydrogens is 286 g/mol. The second-order valence-electron chi connectivity index (χ2n) is 5.59. The van der Waals surface area contributed by atoms with E-state index < -0.39 is 39.2 Å². The lowest BCUT2D eigenvalue weighted by molar-refractivity contribution is -0.149. The zero-order valence-corrected chi connectivity index (χ0v) is 12.8. The van der Waals surface area contributed by atoms with Crippen LogP contribution >= 0.6 is 0 Å². The molecule has 0 aliphatic carbocycles. The van der Waals surface area contributed by atoms with Crippen molar-refractivity contribution < 1.29 is 27.9 Å². The van der Waals surface area contributed by atoms with Gasteiger partial charge in [0.05, 0.1) is 18.3 Å². The lowest BCUT2D eigenvalue weighted by Gasteiger charge is -2.34. The molecule has 1 saturated heterocycles. The number of carboxylic acids is 1. The molecule has 1 fully saturated rings. The van der Waals surface area contributed by atoms with Crippen molar-refractivity contribution in [1.29, 1.82) is 0 Å². The highest BCUT2D eigenvalue weighted by Gasteiger charge is 2.42. The average molecular weight is 307 g/mol. The van der Waals surface area contributed by atoms with E-state index in [9.17, 15) is 18.0 Å². The lowest BCUT2D eigenvalue weighted by atomic mass is 9.97. The third kappa shape index (κ3) is 3.69. The first-order valence-corrected chi connectivity index (χ1v) is 8.03. The van der Waals surface area contributed by atoms with E-state index in [-0.39, 0.29) is 6.54 Å². The van der Waals surface area contributed by atoms with Crippen molar-refractivity contribution in [3.8, 4) is 0 Å². The Morgan fingerprint density at radius 3 is 2.45 bits per heavy atom. The average Bonchev–Trinajstić information content (AvgIpc) is 2.36. The maximum Gasteiger partial charge on any atom is 0.322 e. The zero-order chi connectivity index (χ0) is 15.6. The van der Waals surface area contributed by atoms with Gasteiger partial charge in [-0.05, 0) is 33.1 Å². The number of aliphatic carboxylic acids is 1. The van der Waals surface area contributed by atoms with Crippen LogP contribution in [0.15, 0.2) is 0 Å². The van der Waals surface area contributed by atoms with Gasteiger partial charge in [-0.25, -0.2) is 8.42 Å². The third-order valence-corrected chi connectivity index (χ3v) is 5.62. The van der Waals surface area contributed by atoms with Crippen LogP contribution in [0.25, 0.3) is 0 Å². The summed E-state index contributed by atoms with van der Waals surface area (Å²) in [4.78, 5) is 22.8. The first kappa shape index (κ1) is 16.9. The molecule has 1 heterocycles. The molecule has 0 amide bonds. The van der Waals surface area contributed by atoms with Gasteiger partial charge in [-0.2, -0.15) is 4.31 Å². The molecule has 8 heteroatoms. The Morgan fingerprint density at radius 1 is 1.35 bits per heavy atom. The first-order chi connectivity index (χ1) is 9.12. The van der Waals surface area contributed by atoms with Crippen molar-refractivity contribution >= 4 is 22.0 Å². The van der Waals surface area contributed by atoms with Gasteiger partial charge >= 0.3 is 11.9 Å². The maximum atomic E-state index is 12.4. The second-order valence-corrected chi connectivity index (χ2v) is 7.51. The summed E-state index contributed by atoms with van der Waals surface area (Å²) < 4.78 is 30.4. The number of rotatable bonds is 5. The van der Waals surface area contributed by atoms with Crippen LogP contribution < -0.4 is 0 Å². The van der Waals surface area contributed by atoms with Crippen molar-refractivity contribution in [3.63, 3.8) is 0 Å². The Morgan fingerprint density at radius 2 is 1.95 bits per heavy atom. The smallest absolute Gasteiger partial charge is 0.322 e. The van der Waals surface area contributed by atoms with Crippen molar-refractivity contribution in [2.24, 2.45) is 5.41 Å². The number of carboxylic acid groups (broad SMARTS) is 1. The summed E-state index contributed by atoms with van der Waals surface area (Å²) in [6.07, 6.45) is 1.61. The molecule has 0 aromatic rings. The normalized spacial score (nSPS) is 21.4. The van der Waals surface area contributed by atoms with Crippen LogP contribution in [0.1, 0.15) is 33.1 Å². The minimum atomic E-state index is -3.84. The Hall–Kier alpha value is -1.15. The van der Waals surface area contributed by atoms with Gasteiger partial charge in [-0.15, -0.1) is 0 Å². The van der Waals surface area contributed by atoms with Crippen LogP contribution in [0.5, 0.6) is 0 Å². The summed E-state index contributed by atoms with van der Waals surface area (Å²) in [6.45, 7) is 3.11. The van der Waals surface area contributed by atoms with Crippen molar-refractivity contribution in [3.05, 3.63) is 0 Å². The molecule has 116 valence electrons. The van der Waals surface area contributed by atoms with E-state index in [1.165, 1.54) is 21.0 Å². The maximum absolute atomic E-state index is 12.4. The van der Waals surface area contributed by atoms with Crippen LogP contribution in [0.2, 0.25) is 0 Å². The van der Waals surface area contributed by atoms with E-state index in [4.69, 9.17) is 5.11 Å². The molecule has 0 aromatic carbocycles. The molecular formula is C12H21NO6S. The van der Waals surface area contributed by atoms with E-state index in [1.807, 2.05) is 0 Å². The predicted octanol–water partition coefficient (Wildman–Crippen LogP) is 0.454. The van der Waals surface area contributed by atoms with E-state index in [0.717, 1.165) is 4.31 Å². The summed E-state index contributed by atoms with van der Waals surface area (Å²) in [5.41, 5.74) is -1.21. The fourth-order valence-corrected chi connectivity index (χ4v) is 4.55. The molecule has 1 unspecified atom stereocenters. The van der Waals surface area contributed by atoms with Gasteiger partial charge in [0.2, 0.25) is 10.0 Å². The quantitative estimate of drug-likeness (QED) is 0.740. The molecule has 0 aromatic heterocycles. The monoisotopic (exact) mass is 307 g/mol. The van der Waals surface area contributed by atoms with Gasteiger partial charge in [0, 0.05) is 6.54 Å². The molecule has 1 aliphatic heterocycles. The van der Waals surface area contributed by atoms with Gasteiger partial charge in [-0.3, -0.25) is 9.59 Å². The first-order valence-electron chi connectivity index (χ1n) is 6.42. The van der Waals surface area contributed by atoms with Crippen LogP contribution in [0, 0.1) is 5.41 Å². The highest BCUT2D eigenvalue weighted by atomic mass is 32.2. The Balaban J connectivity index is 2.97. The highest BCUT2D eigenvalue weighted by molar-refractivity contribution is 7.89. The molecule has 7 nitrogen and oxygen atoms in total. The van der Waals surface area contributed by atoms with Gasteiger partial charge in [0.15, 0.2) is 0 Å². The van der Waals surface area contributed by atoms with Crippen LogP contribution in [0.4, 0.5) is 0 Å². The molecule has 0 saturated carbocycles. The summed E-state index contributed by atoms with van der Waals surface area (Å²) in [5.74, 6) is -2.25. The minimum absolute atomic E-state index is 0.177. The van der Waals surface area contributed by atoms with Gasteiger partial charge < -0.3 is 9.84 Å². The number of carbonyl (C=O) groups excluding carboxylic acids is 1. The van der Waals surface area contributed by atoms with E-state index in [0.29, 0.717) is 19.3 Å². The largest absolute Gasteiger partial charge is 0.480 e. The van der Waals surface area contributed by atoms with Crippen LogP contribution in [-0.2, 0) is 24.3 Å². The molecule has 1 atom stereocenters. The topological polar surface area (TPSA) is 101 Å². The lowest BCUT2D eigenvalue weighted by Crippen LogP contribution is -2.51. The molecule has 1 aliphatic rings. The van der Waals surface area contributed by atoms with Crippen LogP contribution in [-0.4, -0.2) is 55.2 Å². The summed E-state index contributed by atoms with van der Waals surface area (Å²) in [5, 5.41) is 9.13. The van der Waals surface area contributed by atoms with Gasteiger partial charge in [0.25, 0.3) is 0 Å². The molecule has 1 N–H and O–H groups in total. The van der Waals surface area contributed by atoms with E-state index >= 15 is 0 Å². The highest BCUT2D eigenvalue weighted by Crippen LogP contribution is 2.26.